The largest absolute Gasteiger partial charge is 0.381 e. The molecular weight excluding hydrogens is 375 g/mol. The van der Waals surface area contributed by atoms with Crippen molar-refractivity contribution in [3.8, 4) is 0 Å². The van der Waals surface area contributed by atoms with E-state index in [0.717, 1.165) is 43.5 Å². The number of aromatic amines is 1. The number of hydrogen-bond donors (Lipinski definition) is 3. The predicted molar refractivity (Wildman–Crippen MR) is 110 cm³/mol. The Bertz CT molecular complexity index is 1030. The minimum absolute atomic E-state index is 0.310. The molecule has 4 rings (SSSR count). The van der Waals surface area contributed by atoms with Gasteiger partial charge in [0.15, 0.2) is 0 Å². The van der Waals surface area contributed by atoms with Crippen LogP contribution in [0.4, 0.5) is 26.4 Å². The van der Waals surface area contributed by atoms with E-state index < -0.39 is 11.8 Å². The highest BCUT2D eigenvalue weighted by atomic mass is 19.1. The van der Waals surface area contributed by atoms with E-state index in [1.54, 1.807) is 19.5 Å². The Kier molecular flexibility index (Phi) is 5.30. The summed E-state index contributed by atoms with van der Waals surface area (Å²) in [5.41, 5.74) is 2.52. The lowest BCUT2D eigenvalue weighted by molar-refractivity contribution is 0.0818. The van der Waals surface area contributed by atoms with Crippen molar-refractivity contribution >= 4 is 34.3 Å². The number of rotatable bonds is 4. The number of pyridine rings is 2. The first kappa shape index (κ1) is 19.1. The molecule has 1 aliphatic heterocycles. The van der Waals surface area contributed by atoms with Crippen LogP contribution in [0.25, 0.3) is 11.0 Å². The summed E-state index contributed by atoms with van der Waals surface area (Å²) >= 11 is 0. The van der Waals surface area contributed by atoms with Crippen molar-refractivity contribution in [3.63, 3.8) is 0 Å². The SMILES string of the molecule is COC1CCN(c2ncc(NC(=O)Nc3c[nH]c4ncc(F)cc34)cc2C)CC1. The summed E-state index contributed by atoms with van der Waals surface area (Å²) in [5, 5.41) is 5.98. The fourth-order valence-electron chi connectivity index (χ4n) is 3.64. The smallest absolute Gasteiger partial charge is 0.323 e. The van der Waals surface area contributed by atoms with Crippen LogP contribution in [0.5, 0.6) is 0 Å². The summed E-state index contributed by atoms with van der Waals surface area (Å²) in [5.74, 6) is 0.453. The van der Waals surface area contributed by atoms with Crippen LogP contribution in [0.15, 0.2) is 30.7 Å². The Labute approximate surface area is 167 Å². The molecule has 0 spiro atoms. The Morgan fingerprint density at radius 1 is 1.24 bits per heavy atom. The molecule has 0 radical (unpaired) electrons. The maximum atomic E-state index is 13.4. The first-order chi connectivity index (χ1) is 14.0. The Morgan fingerprint density at radius 3 is 2.76 bits per heavy atom. The number of amides is 2. The van der Waals surface area contributed by atoms with Gasteiger partial charge in [0.2, 0.25) is 0 Å². The maximum Gasteiger partial charge on any atom is 0.323 e. The highest BCUT2D eigenvalue weighted by molar-refractivity contribution is 6.05. The second-order valence-corrected chi connectivity index (χ2v) is 7.12. The van der Waals surface area contributed by atoms with Crippen LogP contribution in [0, 0.1) is 12.7 Å². The third kappa shape index (κ3) is 4.14. The molecule has 0 saturated carbocycles. The van der Waals surface area contributed by atoms with E-state index in [4.69, 9.17) is 4.74 Å². The zero-order chi connectivity index (χ0) is 20.4. The van der Waals surface area contributed by atoms with E-state index >= 15 is 0 Å². The molecule has 3 aromatic heterocycles. The van der Waals surface area contributed by atoms with Gasteiger partial charge in [-0.3, -0.25) is 0 Å². The number of nitrogens with one attached hydrogen (secondary N) is 3. The van der Waals surface area contributed by atoms with E-state index in [1.165, 1.54) is 6.07 Å². The molecule has 0 bridgehead atoms. The molecule has 8 nitrogen and oxygen atoms in total. The van der Waals surface area contributed by atoms with Gasteiger partial charge < -0.3 is 25.3 Å². The Morgan fingerprint density at radius 2 is 2.03 bits per heavy atom. The third-order valence-corrected chi connectivity index (χ3v) is 5.13. The number of anilines is 3. The van der Waals surface area contributed by atoms with Crippen LogP contribution in [0.3, 0.4) is 0 Å². The summed E-state index contributed by atoms with van der Waals surface area (Å²) < 4.78 is 18.8. The van der Waals surface area contributed by atoms with Gasteiger partial charge in [-0.05, 0) is 37.5 Å². The van der Waals surface area contributed by atoms with Gasteiger partial charge in [-0.1, -0.05) is 0 Å². The molecular formula is C20H23FN6O2. The number of aromatic nitrogens is 3. The van der Waals surface area contributed by atoms with Crippen LogP contribution in [0.2, 0.25) is 0 Å². The lowest BCUT2D eigenvalue weighted by atomic mass is 10.1. The third-order valence-electron chi connectivity index (χ3n) is 5.13. The first-order valence-electron chi connectivity index (χ1n) is 9.48. The molecule has 1 saturated heterocycles. The van der Waals surface area contributed by atoms with Crippen molar-refractivity contribution < 1.29 is 13.9 Å². The summed E-state index contributed by atoms with van der Waals surface area (Å²) in [6, 6.07) is 2.77. The second kappa shape index (κ2) is 8.04. The zero-order valence-corrected chi connectivity index (χ0v) is 16.3. The highest BCUT2D eigenvalue weighted by Gasteiger charge is 2.21. The number of halogens is 1. The molecule has 4 heterocycles. The molecule has 0 unspecified atom stereocenters. The van der Waals surface area contributed by atoms with E-state index in [-0.39, 0.29) is 0 Å². The monoisotopic (exact) mass is 398 g/mol. The average Bonchev–Trinajstić information content (AvgIpc) is 3.10. The van der Waals surface area contributed by atoms with Gasteiger partial charge in [0, 0.05) is 31.8 Å². The normalized spacial score (nSPS) is 14.9. The number of methoxy groups -OCH3 is 1. The van der Waals surface area contributed by atoms with Gasteiger partial charge in [-0.15, -0.1) is 0 Å². The number of ether oxygens (including phenoxy) is 1. The molecule has 29 heavy (non-hydrogen) atoms. The lowest BCUT2D eigenvalue weighted by Crippen LogP contribution is -2.37. The van der Waals surface area contributed by atoms with Gasteiger partial charge in [-0.25, -0.2) is 19.2 Å². The van der Waals surface area contributed by atoms with Crippen LogP contribution in [-0.2, 0) is 4.74 Å². The molecule has 152 valence electrons. The van der Waals surface area contributed by atoms with E-state index in [1.807, 2.05) is 13.0 Å². The van der Waals surface area contributed by atoms with E-state index in [0.29, 0.717) is 28.5 Å². The Hall–Kier alpha value is -3.20. The van der Waals surface area contributed by atoms with Gasteiger partial charge in [0.05, 0.1) is 29.9 Å². The molecule has 0 atom stereocenters. The van der Waals surface area contributed by atoms with E-state index in [2.05, 4.69) is 30.5 Å². The summed E-state index contributed by atoms with van der Waals surface area (Å²) in [4.78, 5) is 26.0. The summed E-state index contributed by atoms with van der Waals surface area (Å²) in [6.07, 6.45) is 6.59. The van der Waals surface area contributed by atoms with Crippen molar-refractivity contribution in [2.24, 2.45) is 0 Å². The molecule has 0 aliphatic carbocycles. The number of nitrogens with zero attached hydrogens (tertiary/aromatic N) is 3. The molecule has 0 aromatic carbocycles. The number of aryl methyl sites for hydroxylation is 1. The number of carbonyl (C=O) groups is 1. The van der Waals surface area contributed by atoms with Gasteiger partial charge in [-0.2, -0.15) is 0 Å². The molecule has 1 fully saturated rings. The molecule has 1 aliphatic rings. The minimum atomic E-state index is -0.467. The van der Waals surface area contributed by atoms with Crippen LogP contribution >= 0.6 is 0 Å². The number of piperidine rings is 1. The van der Waals surface area contributed by atoms with Gasteiger partial charge in [0.25, 0.3) is 0 Å². The zero-order valence-electron chi connectivity index (χ0n) is 16.3. The lowest BCUT2D eigenvalue weighted by Gasteiger charge is -2.33. The molecule has 2 amide bonds. The first-order valence-corrected chi connectivity index (χ1v) is 9.48. The van der Waals surface area contributed by atoms with Crippen LogP contribution in [0.1, 0.15) is 18.4 Å². The standard InChI is InChI=1S/C20H23FN6O2/c1-12-7-14(10-24-19(12)27-5-3-15(29-2)4-6-27)25-20(28)26-17-11-23-18-16(17)8-13(21)9-22-18/h7-11,15H,3-6H2,1-2H3,(H,22,23)(H2,25,26,28). The van der Waals surface area contributed by atoms with Gasteiger partial charge in [0.1, 0.15) is 17.3 Å². The quantitative estimate of drug-likeness (QED) is 0.623. The topological polar surface area (TPSA) is 95.2 Å². The molecule has 3 aromatic rings. The number of fused-ring (bicyclic) bond motifs is 1. The number of H-pyrrole nitrogens is 1. The fraction of sp³-hybridized carbons (Fsp3) is 0.350. The van der Waals surface area contributed by atoms with Crippen LogP contribution in [-0.4, -0.2) is 47.3 Å². The fourth-order valence-corrected chi connectivity index (χ4v) is 3.64. The Balaban J connectivity index is 1.42. The second-order valence-electron chi connectivity index (χ2n) is 7.12. The van der Waals surface area contributed by atoms with Gasteiger partial charge >= 0.3 is 6.03 Å². The van der Waals surface area contributed by atoms with Crippen LogP contribution < -0.4 is 15.5 Å². The van der Waals surface area contributed by atoms with Crippen molar-refractivity contribution in [1.29, 1.82) is 0 Å². The maximum absolute atomic E-state index is 13.4. The average molecular weight is 398 g/mol. The number of carbonyl (C=O) groups excluding carboxylic acids is 1. The predicted octanol–water partition coefficient (Wildman–Crippen LogP) is 3.66. The van der Waals surface area contributed by atoms with E-state index in [9.17, 15) is 9.18 Å². The van der Waals surface area contributed by atoms with Crippen molar-refractivity contribution in [2.75, 3.05) is 35.7 Å². The van der Waals surface area contributed by atoms with Crippen molar-refractivity contribution in [2.45, 2.75) is 25.9 Å². The van der Waals surface area contributed by atoms with Crippen molar-refractivity contribution in [1.82, 2.24) is 15.0 Å². The highest BCUT2D eigenvalue weighted by Crippen LogP contribution is 2.25. The summed E-state index contributed by atoms with van der Waals surface area (Å²) in [7, 11) is 1.75. The number of urea groups is 1. The molecule has 3 N–H and O–H groups in total. The number of hydrogen-bond acceptors (Lipinski definition) is 5. The van der Waals surface area contributed by atoms with Crippen molar-refractivity contribution in [3.05, 3.63) is 42.1 Å². The summed E-state index contributed by atoms with van der Waals surface area (Å²) in [6.45, 7) is 3.76. The minimum Gasteiger partial charge on any atom is -0.381 e. The molecule has 9 heteroatoms.